The summed E-state index contributed by atoms with van der Waals surface area (Å²) in [6.07, 6.45) is 0. The molecule has 0 aliphatic heterocycles. The zero-order chi connectivity index (χ0) is 13.8. The average molecular weight is 323 g/mol. The van der Waals surface area contributed by atoms with Crippen molar-refractivity contribution in [1.29, 1.82) is 0 Å². The lowest BCUT2D eigenvalue weighted by atomic mass is 9.93. The zero-order valence-electron chi connectivity index (χ0n) is 11.1. The van der Waals surface area contributed by atoms with E-state index in [1.54, 1.807) is 0 Å². The van der Waals surface area contributed by atoms with E-state index in [1.165, 1.54) is 27.8 Å². The van der Waals surface area contributed by atoms with E-state index in [2.05, 4.69) is 94.8 Å². The third kappa shape index (κ3) is 2.68. The third-order valence-corrected chi connectivity index (χ3v) is 4.06. The predicted molar refractivity (Wildman–Crippen MR) is 89.9 cm³/mol. The van der Waals surface area contributed by atoms with E-state index in [4.69, 9.17) is 0 Å². The van der Waals surface area contributed by atoms with Gasteiger partial charge in [0.1, 0.15) is 0 Å². The van der Waals surface area contributed by atoms with Crippen molar-refractivity contribution in [2.45, 2.75) is 5.33 Å². The predicted octanol–water partition coefficient (Wildman–Crippen LogP) is 5.92. The molecule has 0 N–H and O–H groups in total. The second kappa shape index (κ2) is 6.06. The van der Waals surface area contributed by atoms with Gasteiger partial charge < -0.3 is 0 Å². The Morgan fingerprint density at radius 1 is 0.600 bits per heavy atom. The Morgan fingerprint density at radius 2 is 1.15 bits per heavy atom. The minimum Gasteiger partial charge on any atom is -0.0876 e. The Labute approximate surface area is 128 Å². The molecule has 0 nitrogen and oxygen atoms in total. The summed E-state index contributed by atoms with van der Waals surface area (Å²) in [5.41, 5.74) is 6.38. The first-order valence-corrected chi connectivity index (χ1v) is 7.80. The lowest BCUT2D eigenvalue weighted by Crippen LogP contribution is -1.87. The quantitative estimate of drug-likeness (QED) is 0.525. The minimum absolute atomic E-state index is 0.877. The molecule has 98 valence electrons. The van der Waals surface area contributed by atoms with Gasteiger partial charge in [-0.2, -0.15) is 0 Å². The number of alkyl halides is 1. The largest absolute Gasteiger partial charge is 0.0876 e. The van der Waals surface area contributed by atoms with Crippen molar-refractivity contribution in [3.63, 3.8) is 0 Å². The van der Waals surface area contributed by atoms with Crippen molar-refractivity contribution in [3.05, 3.63) is 84.4 Å². The summed E-state index contributed by atoms with van der Waals surface area (Å²) in [5.74, 6) is 0. The molecule has 0 heterocycles. The average Bonchev–Trinajstić information content (AvgIpc) is 2.56. The topological polar surface area (TPSA) is 0 Å². The van der Waals surface area contributed by atoms with Crippen molar-refractivity contribution >= 4 is 15.9 Å². The highest BCUT2D eigenvalue weighted by Gasteiger charge is 2.07. The van der Waals surface area contributed by atoms with Crippen LogP contribution < -0.4 is 0 Å². The standard InChI is InChI=1S/C19H15Br/c20-14-15-11-12-18(16-7-3-1-4-8-16)19(13-15)17-9-5-2-6-10-17/h1-13H,14H2. The maximum Gasteiger partial charge on any atom is 0.0283 e. The highest BCUT2D eigenvalue weighted by Crippen LogP contribution is 2.33. The van der Waals surface area contributed by atoms with Crippen molar-refractivity contribution in [1.82, 2.24) is 0 Å². The molecule has 0 radical (unpaired) electrons. The summed E-state index contributed by atoms with van der Waals surface area (Å²) in [4.78, 5) is 0. The first-order valence-electron chi connectivity index (χ1n) is 6.68. The first-order chi connectivity index (χ1) is 9.88. The Balaban J connectivity index is 2.20. The van der Waals surface area contributed by atoms with Gasteiger partial charge in [0.2, 0.25) is 0 Å². The van der Waals surface area contributed by atoms with Crippen LogP contribution in [0.3, 0.4) is 0 Å². The number of halogens is 1. The highest BCUT2D eigenvalue weighted by molar-refractivity contribution is 9.08. The molecule has 0 aliphatic carbocycles. The summed E-state index contributed by atoms with van der Waals surface area (Å²) >= 11 is 3.55. The van der Waals surface area contributed by atoms with Gasteiger partial charge in [0, 0.05) is 5.33 Å². The summed E-state index contributed by atoms with van der Waals surface area (Å²) in [5, 5.41) is 0.877. The molecule has 0 bridgehead atoms. The molecular weight excluding hydrogens is 308 g/mol. The van der Waals surface area contributed by atoms with Crippen LogP contribution in [0.2, 0.25) is 0 Å². The molecule has 1 heteroatoms. The Morgan fingerprint density at radius 3 is 1.70 bits per heavy atom. The number of hydrogen-bond acceptors (Lipinski definition) is 0. The normalized spacial score (nSPS) is 10.4. The SMILES string of the molecule is BrCc1ccc(-c2ccccc2)c(-c2ccccc2)c1. The summed E-state index contributed by atoms with van der Waals surface area (Å²) < 4.78 is 0. The van der Waals surface area contributed by atoms with E-state index in [0.717, 1.165) is 5.33 Å². The lowest BCUT2D eigenvalue weighted by molar-refractivity contribution is 1.43. The van der Waals surface area contributed by atoms with Crippen molar-refractivity contribution in [2.24, 2.45) is 0 Å². The maximum atomic E-state index is 3.55. The van der Waals surface area contributed by atoms with Crippen LogP contribution in [0.15, 0.2) is 78.9 Å². The molecule has 0 unspecified atom stereocenters. The molecule has 0 fully saturated rings. The van der Waals surface area contributed by atoms with Gasteiger partial charge >= 0.3 is 0 Å². The van der Waals surface area contributed by atoms with Gasteiger partial charge in [-0.1, -0.05) is 88.7 Å². The molecule has 0 atom stereocenters. The molecule has 0 amide bonds. The molecule has 3 aromatic rings. The number of rotatable bonds is 3. The minimum atomic E-state index is 0.877. The summed E-state index contributed by atoms with van der Waals surface area (Å²) in [7, 11) is 0. The van der Waals surface area contributed by atoms with E-state index >= 15 is 0 Å². The van der Waals surface area contributed by atoms with Crippen molar-refractivity contribution in [2.75, 3.05) is 0 Å². The van der Waals surface area contributed by atoms with Crippen LogP contribution in [0.4, 0.5) is 0 Å². The monoisotopic (exact) mass is 322 g/mol. The van der Waals surface area contributed by atoms with Gasteiger partial charge in [0.25, 0.3) is 0 Å². The van der Waals surface area contributed by atoms with Crippen LogP contribution in [-0.2, 0) is 5.33 Å². The van der Waals surface area contributed by atoms with Crippen LogP contribution in [-0.4, -0.2) is 0 Å². The van der Waals surface area contributed by atoms with Gasteiger partial charge in [0.15, 0.2) is 0 Å². The number of hydrogen-bond donors (Lipinski definition) is 0. The van der Waals surface area contributed by atoms with Crippen LogP contribution >= 0.6 is 15.9 Å². The number of benzene rings is 3. The highest BCUT2D eigenvalue weighted by atomic mass is 79.9. The van der Waals surface area contributed by atoms with Crippen molar-refractivity contribution < 1.29 is 0 Å². The zero-order valence-corrected chi connectivity index (χ0v) is 12.7. The Bertz CT molecular complexity index is 687. The van der Waals surface area contributed by atoms with E-state index in [1.807, 2.05) is 0 Å². The fourth-order valence-corrected chi connectivity index (χ4v) is 2.75. The first kappa shape index (κ1) is 13.1. The molecular formula is C19H15Br. The Hall–Kier alpha value is -1.86. The van der Waals surface area contributed by atoms with Crippen LogP contribution in [0.1, 0.15) is 5.56 Å². The molecule has 0 saturated heterocycles. The second-order valence-electron chi connectivity index (χ2n) is 4.75. The molecule has 3 rings (SSSR count). The van der Waals surface area contributed by atoms with Crippen molar-refractivity contribution in [3.8, 4) is 22.3 Å². The van der Waals surface area contributed by atoms with E-state index < -0.39 is 0 Å². The maximum absolute atomic E-state index is 3.55. The van der Waals surface area contributed by atoms with E-state index in [0.29, 0.717) is 0 Å². The van der Waals surface area contributed by atoms with Crippen LogP contribution in [0.25, 0.3) is 22.3 Å². The molecule has 20 heavy (non-hydrogen) atoms. The van der Waals surface area contributed by atoms with Gasteiger partial charge in [-0.3, -0.25) is 0 Å². The molecule has 0 aromatic heterocycles. The summed E-state index contributed by atoms with van der Waals surface area (Å²) in [6.45, 7) is 0. The van der Waals surface area contributed by atoms with Gasteiger partial charge in [-0.25, -0.2) is 0 Å². The second-order valence-corrected chi connectivity index (χ2v) is 5.31. The van der Waals surface area contributed by atoms with Gasteiger partial charge in [0.05, 0.1) is 0 Å². The fraction of sp³-hybridized carbons (Fsp3) is 0.0526. The van der Waals surface area contributed by atoms with Gasteiger partial charge in [-0.05, 0) is 33.9 Å². The Kier molecular flexibility index (Phi) is 3.98. The lowest BCUT2D eigenvalue weighted by Gasteiger charge is -2.12. The molecule has 0 aliphatic rings. The smallest absolute Gasteiger partial charge is 0.0283 e. The van der Waals surface area contributed by atoms with E-state index in [9.17, 15) is 0 Å². The summed E-state index contributed by atoms with van der Waals surface area (Å²) in [6, 6.07) is 27.8. The van der Waals surface area contributed by atoms with Gasteiger partial charge in [-0.15, -0.1) is 0 Å². The molecule has 3 aromatic carbocycles. The van der Waals surface area contributed by atoms with Crippen LogP contribution in [0, 0.1) is 0 Å². The molecule has 0 spiro atoms. The van der Waals surface area contributed by atoms with Crippen LogP contribution in [0.5, 0.6) is 0 Å². The fourth-order valence-electron chi connectivity index (χ4n) is 2.40. The molecule has 0 saturated carbocycles. The van der Waals surface area contributed by atoms with E-state index in [-0.39, 0.29) is 0 Å². The third-order valence-electron chi connectivity index (χ3n) is 3.41.